The number of nitrogens with zero attached hydrogens (tertiary/aromatic N) is 1. The second-order valence-corrected chi connectivity index (χ2v) is 5.44. The largest absolute Gasteiger partial charge is 0.444 e. The van der Waals surface area contributed by atoms with Crippen LogP contribution in [-0.4, -0.2) is 16.9 Å². The normalized spacial score (nSPS) is 24.3. The van der Waals surface area contributed by atoms with Crippen molar-refractivity contribution in [2.45, 2.75) is 63.0 Å². The number of hydrogen-bond acceptors (Lipinski definition) is 3. The van der Waals surface area contributed by atoms with Gasteiger partial charge in [-0.1, -0.05) is 0 Å². The molecule has 0 saturated heterocycles. The highest BCUT2D eigenvalue weighted by Crippen LogP contribution is 2.40. The molecule has 0 aliphatic heterocycles. The molecule has 1 N–H and O–H groups in total. The van der Waals surface area contributed by atoms with Gasteiger partial charge in [0.05, 0.1) is 12.7 Å². The van der Waals surface area contributed by atoms with Crippen LogP contribution in [0.5, 0.6) is 0 Å². The average Bonchev–Trinajstić information content (AvgIpc) is 3.05. The molecule has 2 fully saturated rings. The molecule has 3 rings (SSSR count). The lowest BCUT2D eigenvalue weighted by Crippen LogP contribution is -2.23. The van der Waals surface area contributed by atoms with Gasteiger partial charge in [0.25, 0.3) is 0 Å². The van der Waals surface area contributed by atoms with E-state index in [4.69, 9.17) is 4.42 Å². The van der Waals surface area contributed by atoms with Gasteiger partial charge in [0, 0.05) is 24.8 Å². The molecule has 0 unspecified atom stereocenters. The minimum atomic E-state index is -2.48. The molecular weight excluding hydrogens is 238 g/mol. The number of hydrogen-bond donors (Lipinski definition) is 1. The van der Waals surface area contributed by atoms with Crippen molar-refractivity contribution in [1.29, 1.82) is 0 Å². The van der Waals surface area contributed by atoms with Gasteiger partial charge in [-0.25, -0.2) is 13.8 Å². The van der Waals surface area contributed by atoms with Crippen LogP contribution in [0.3, 0.4) is 0 Å². The molecule has 2 aliphatic carbocycles. The summed E-state index contributed by atoms with van der Waals surface area (Å²) in [5.41, 5.74) is 0. The Morgan fingerprint density at radius 1 is 1.28 bits per heavy atom. The van der Waals surface area contributed by atoms with Crippen molar-refractivity contribution in [2.75, 3.05) is 0 Å². The number of rotatable bonds is 4. The second-order valence-electron chi connectivity index (χ2n) is 5.44. The molecule has 0 radical (unpaired) electrons. The van der Waals surface area contributed by atoms with Crippen molar-refractivity contribution in [2.24, 2.45) is 0 Å². The zero-order valence-electron chi connectivity index (χ0n) is 10.3. The van der Waals surface area contributed by atoms with Crippen LogP contribution in [0.25, 0.3) is 0 Å². The van der Waals surface area contributed by atoms with E-state index in [9.17, 15) is 8.78 Å². The first kappa shape index (κ1) is 12.1. The molecule has 2 saturated carbocycles. The van der Waals surface area contributed by atoms with Crippen LogP contribution in [0, 0.1) is 0 Å². The maximum atomic E-state index is 13.1. The quantitative estimate of drug-likeness (QED) is 0.898. The smallest absolute Gasteiger partial charge is 0.248 e. The highest BCUT2D eigenvalue weighted by atomic mass is 19.3. The van der Waals surface area contributed by atoms with E-state index >= 15 is 0 Å². The van der Waals surface area contributed by atoms with Crippen LogP contribution in [0.4, 0.5) is 8.78 Å². The molecule has 0 spiro atoms. The zero-order valence-corrected chi connectivity index (χ0v) is 10.3. The molecule has 1 heterocycles. The predicted molar refractivity (Wildman–Crippen MR) is 62.5 cm³/mol. The molecular formula is C13H18F2N2O. The topological polar surface area (TPSA) is 38.1 Å². The van der Waals surface area contributed by atoms with E-state index in [-0.39, 0.29) is 18.8 Å². The van der Waals surface area contributed by atoms with Crippen molar-refractivity contribution in [3.05, 3.63) is 17.8 Å². The van der Waals surface area contributed by atoms with E-state index < -0.39 is 5.92 Å². The fourth-order valence-electron chi connectivity index (χ4n) is 2.44. The lowest BCUT2D eigenvalue weighted by atomic mass is 9.85. The third kappa shape index (κ3) is 2.88. The van der Waals surface area contributed by atoms with Gasteiger partial charge in [0.1, 0.15) is 5.76 Å². The first-order valence-corrected chi connectivity index (χ1v) is 6.68. The van der Waals surface area contributed by atoms with Crippen LogP contribution in [-0.2, 0) is 6.54 Å². The number of oxazole rings is 1. The fraction of sp³-hybridized carbons (Fsp3) is 0.769. The average molecular weight is 256 g/mol. The van der Waals surface area contributed by atoms with E-state index in [0.29, 0.717) is 31.3 Å². The maximum Gasteiger partial charge on any atom is 0.248 e. The molecule has 2 aliphatic rings. The molecule has 18 heavy (non-hydrogen) atoms. The van der Waals surface area contributed by atoms with E-state index in [1.165, 1.54) is 12.8 Å². The molecule has 5 heteroatoms. The van der Waals surface area contributed by atoms with E-state index in [2.05, 4.69) is 10.3 Å². The Morgan fingerprint density at radius 3 is 2.67 bits per heavy atom. The number of alkyl halides is 2. The molecule has 1 aromatic heterocycles. The first-order valence-electron chi connectivity index (χ1n) is 6.68. The summed E-state index contributed by atoms with van der Waals surface area (Å²) >= 11 is 0. The highest BCUT2D eigenvalue weighted by Gasteiger charge is 2.36. The minimum absolute atomic E-state index is 0.0337. The van der Waals surface area contributed by atoms with Crippen molar-refractivity contribution in [3.8, 4) is 0 Å². The van der Waals surface area contributed by atoms with Crippen LogP contribution >= 0.6 is 0 Å². The summed E-state index contributed by atoms with van der Waals surface area (Å²) in [6.07, 6.45) is 5.09. The first-order chi connectivity index (χ1) is 8.62. The van der Waals surface area contributed by atoms with Gasteiger partial charge in [-0.2, -0.15) is 0 Å². The third-order valence-corrected chi connectivity index (χ3v) is 3.81. The lowest BCUT2D eigenvalue weighted by molar-refractivity contribution is -0.0395. The molecule has 0 bridgehead atoms. The summed E-state index contributed by atoms with van der Waals surface area (Å²) in [6.45, 7) is 0.646. The number of halogens is 2. The van der Waals surface area contributed by atoms with Gasteiger partial charge in [-0.3, -0.25) is 0 Å². The summed E-state index contributed by atoms with van der Waals surface area (Å²) < 4.78 is 31.8. The fourth-order valence-corrected chi connectivity index (χ4v) is 2.44. The van der Waals surface area contributed by atoms with Crippen LogP contribution in [0.15, 0.2) is 10.6 Å². The van der Waals surface area contributed by atoms with Crippen LogP contribution in [0.2, 0.25) is 0 Å². The SMILES string of the molecule is FC1(F)CCC(c2cnc(CNC3CC3)o2)CC1. The Hall–Kier alpha value is -0.970. The van der Waals surface area contributed by atoms with Gasteiger partial charge >= 0.3 is 0 Å². The molecule has 0 atom stereocenters. The Balaban J connectivity index is 1.55. The monoisotopic (exact) mass is 256 g/mol. The van der Waals surface area contributed by atoms with Crippen LogP contribution < -0.4 is 5.32 Å². The second kappa shape index (κ2) is 4.61. The van der Waals surface area contributed by atoms with Crippen molar-refractivity contribution >= 4 is 0 Å². The molecule has 0 aromatic carbocycles. The summed E-state index contributed by atoms with van der Waals surface area (Å²) in [7, 11) is 0. The summed E-state index contributed by atoms with van der Waals surface area (Å²) in [5.74, 6) is -0.911. The van der Waals surface area contributed by atoms with Gasteiger partial charge in [0.15, 0.2) is 0 Å². The summed E-state index contributed by atoms with van der Waals surface area (Å²) in [5, 5.41) is 3.33. The van der Waals surface area contributed by atoms with E-state index in [1.807, 2.05) is 0 Å². The minimum Gasteiger partial charge on any atom is -0.444 e. The van der Waals surface area contributed by atoms with Gasteiger partial charge in [-0.15, -0.1) is 0 Å². The molecule has 100 valence electrons. The van der Waals surface area contributed by atoms with Gasteiger partial charge in [0.2, 0.25) is 11.8 Å². The molecule has 1 aromatic rings. The Labute approximate surface area is 105 Å². The molecule has 0 amide bonds. The van der Waals surface area contributed by atoms with Crippen LogP contribution in [0.1, 0.15) is 56.1 Å². The Morgan fingerprint density at radius 2 is 2.00 bits per heavy atom. The Kier molecular flexibility index (Phi) is 3.09. The van der Waals surface area contributed by atoms with E-state index in [0.717, 1.165) is 5.76 Å². The maximum absolute atomic E-state index is 13.1. The Bertz CT molecular complexity index is 405. The lowest BCUT2D eigenvalue weighted by Gasteiger charge is -2.26. The van der Waals surface area contributed by atoms with Crippen molar-refractivity contribution in [1.82, 2.24) is 10.3 Å². The zero-order chi connectivity index (χ0) is 12.6. The van der Waals surface area contributed by atoms with Crippen molar-refractivity contribution < 1.29 is 13.2 Å². The van der Waals surface area contributed by atoms with Gasteiger partial charge in [-0.05, 0) is 25.7 Å². The third-order valence-electron chi connectivity index (χ3n) is 3.81. The van der Waals surface area contributed by atoms with Gasteiger partial charge < -0.3 is 9.73 Å². The molecule has 3 nitrogen and oxygen atoms in total. The highest BCUT2D eigenvalue weighted by molar-refractivity contribution is 5.04. The predicted octanol–water partition coefficient (Wildman–Crippen LogP) is 3.22. The van der Waals surface area contributed by atoms with Crippen molar-refractivity contribution in [3.63, 3.8) is 0 Å². The summed E-state index contributed by atoms with van der Waals surface area (Å²) in [4.78, 5) is 4.21. The number of aromatic nitrogens is 1. The van der Waals surface area contributed by atoms with E-state index in [1.54, 1.807) is 6.20 Å². The standard InChI is InChI=1S/C13H18F2N2O/c14-13(15)5-3-9(4-6-13)11-7-17-12(18-11)8-16-10-1-2-10/h7,9-10,16H,1-6,8H2. The summed E-state index contributed by atoms with van der Waals surface area (Å²) in [6, 6.07) is 0.619. The number of nitrogens with one attached hydrogen (secondary N) is 1.